The zero-order valence-corrected chi connectivity index (χ0v) is 15.7. The van der Waals surface area contributed by atoms with Crippen molar-refractivity contribution in [3.63, 3.8) is 0 Å². The smallest absolute Gasteiger partial charge is 0.261 e. The Morgan fingerprint density at radius 1 is 1.14 bits per heavy atom. The summed E-state index contributed by atoms with van der Waals surface area (Å²) in [5.41, 5.74) is 7.68. The zero-order chi connectivity index (χ0) is 20.2. The number of aromatic nitrogens is 2. The van der Waals surface area contributed by atoms with Gasteiger partial charge < -0.3 is 5.32 Å². The Kier molecular flexibility index (Phi) is 5.35. The van der Waals surface area contributed by atoms with Gasteiger partial charge in [0.2, 0.25) is 11.8 Å². The second kappa shape index (κ2) is 8.24. The zero-order valence-electron chi connectivity index (χ0n) is 15.7. The van der Waals surface area contributed by atoms with E-state index in [2.05, 4.69) is 21.2 Å². The molecule has 0 radical (unpaired) electrons. The molecule has 29 heavy (non-hydrogen) atoms. The number of hydrogen-bond donors (Lipinski definition) is 3. The largest absolute Gasteiger partial charge is 0.326 e. The molecule has 1 saturated heterocycles. The molecule has 1 aliphatic heterocycles. The lowest BCUT2D eigenvalue weighted by molar-refractivity contribution is -0.124. The molecule has 3 N–H and O–H groups in total. The van der Waals surface area contributed by atoms with Crippen molar-refractivity contribution in [1.29, 1.82) is 0 Å². The third-order valence-electron chi connectivity index (χ3n) is 4.97. The van der Waals surface area contributed by atoms with E-state index in [4.69, 9.17) is 0 Å². The topological polar surface area (TPSA) is 105 Å². The Balaban J connectivity index is 1.44. The summed E-state index contributed by atoms with van der Waals surface area (Å²) >= 11 is 0. The molecule has 3 aromatic rings. The number of aryl methyl sites for hydroxylation is 1. The van der Waals surface area contributed by atoms with Crippen LogP contribution in [-0.4, -0.2) is 21.4 Å². The molecule has 2 amide bonds. The lowest BCUT2D eigenvalue weighted by atomic mass is 9.99. The molecule has 2 aromatic carbocycles. The molecular weight excluding hydrogens is 370 g/mol. The lowest BCUT2D eigenvalue weighted by Gasteiger charge is -2.26. The van der Waals surface area contributed by atoms with Gasteiger partial charge in [-0.3, -0.25) is 24.4 Å². The van der Waals surface area contributed by atoms with Crippen LogP contribution >= 0.6 is 0 Å². The van der Waals surface area contributed by atoms with Crippen LogP contribution in [0, 0.1) is 0 Å². The second-order valence-electron chi connectivity index (χ2n) is 6.93. The van der Waals surface area contributed by atoms with E-state index in [0.717, 1.165) is 5.56 Å². The number of anilines is 1. The maximum absolute atomic E-state index is 12.5. The number of nitrogens with one attached hydrogen (secondary N) is 3. The highest BCUT2D eigenvalue weighted by Crippen LogP contribution is 2.27. The summed E-state index contributed by atoms with van der Waals surface area (Å²) in [5.74, 6) is -0.241. The summed E-state index contributed by atoms with van der Waals surface area (Å²) < 4.78 is 1.45. The standard InChI is InChI=1S/C21H21N5O3/c27-19(11-12-26-13-22-16-7-3-2-6-15(16)21(26)29)23-17-8-4-1-5-14(17)18-9-10-20(28)25-24-18/h1-8,13,18,24H,9-12H2,(H,23,27)(H,25,28). The molecule has 0 saturated carbocycles. The SMILES string of the molecule is O=C1CCC(c2ccccc2NC(=O)CCn2cnc3ccccc3c2=O)NN1. The molecule has 148 valence electrons. The predicted octanol–water partition coefficient (Wildman–Crippen LogP) is 1.88. The summed E-state index contributed by atoms with van der Waals surface area (Å²) in [4.78, 5) is 40.7. The first-order valence-corrected chi connectivity index (χ1v) is 9.49. The molecule has 8 nitrogen and oxygen atoms in total. The van der Waals surface area contributed by atoms with E-state index in [1.165, 1.54) is 10.9 Å². The van der Waals surface area contributed by atoms with Crippen LogP contribution < -0.4 is 21.7 Å². The van der Waals surface area contributed by atoms with Crippen molar-refractivity contribution in [1.82, 2.24) is 20.4 Å². The van der Waals surface area contributed by atoms with E-state index in [1.54, 1.807) is 18.2 Å². The minimum atomic E-state index is -0.197. The fourth-order valence-electron chi connectivity index (χ4n) is 3.43. The minimum absolute atomic E-state index is 0.0443. The molecular formula is C21H21N5O3. The number of fused-ring (bicyclic) bond motifs is 1. The molecule has 0 spiro atoms. The molecule has 4 rings (SSSR count). The van der Waals surface area contributed by atoms with Crippen LogP contribution in [0.4, 0.5) is 5.69 Å². The third kappa shape index (κ3) is 4.17. The fraction of sp³-hybridized carbons (Fsp3) is 0.238. The molecule has 1 fully saturated rings. The molecule has 0 aliphatic carbocycles. The van der Waals surface area contributed by atoms with Crippen LogP contribution in [0.1, 0.15) is 30.9 Å². The van der Waals surface area contributed by atoms with E-state index in [9.17, 15) is 14.4 Å². The Bertz CT molecular complexity index is 1110. The quantitative estimate of drug-likeness (QED) is 0.616. The summed E-state index contributed by atoms with van der Waals surface area (Å²) in [6.07, 6.45) is 2.69. The predicted molar refractivity (Wildman–Crippen MR) is 109 cm³/mol. The average Bonchev–Trinajstić information content (AvgIpc) is 2.74. The van der Waals surface area contributed by atoms with Gasteiger partial charge in [-0.1, -0.05) is 30.3 Å². The molecule has 1 aromatic heterocycles. The molecule has 1 unspecified atom stereocenters. The second-order valence-corrected chi connectivity index (χ2v) is 6.93. The van der Waals surface area contributed by atoms with Crippen molar-refractivity contribution in [3.8, 4) is 0 Å². The Labute approximate surface area is 166 Å². The van der Waals surface area contributed by atoms with Crippen molar-refractivity contribution in [2.24, 2.45) is 0 Å². The number of benzene rings is 2. The van der Waals surface area contributed by atoms with Crippen molar-refractivity contribution in [2.75, 3.05) is 5.32 Å². The molecule has 1 atom stereocenters. The third-order valence-corrected chi connectivity index (χ3v) is 4.97. The number of nitrogens with zero attached hydrogens (tertiary/aromatic N) is 2. The Morgan fingerprint density at radius 2 is 1.93 bits per heavy atom. The van der Waals surface area contributed by atoms with Gasteiger partial charge in [0.1, 0.15) is 0 Å². The highest BCUT2D eigenvalue weighted by atomic mass is 16.2. The van der Waals surface area contributed by atoms with Gasteiger partial charge >= 0.3 is 0 Å². The highest BCUT2D eigenvalue weighted by Gasteiger charge is 2.21. The Hall–Kier alpha value is -3.52. The van der Waals surface area contributed by atoms with Crippen LogP contribution in [-0.2, 0) is 16.1 Å². The first-order chi connectivity index (χ1) is 14.1. The lowest BCUT2D eigenvalue weighted by Crippen LogP contribution is -2.44. The van der Waals surface area contributed by atoms with Gasteiger partial charge in [-0.25, -0.2) is 10.4 Å². The van der Waals surface area contributed by atoms with Gasteiger partial charge in [0.25, 0.3) is 5.56 Å². The van der Waals surface area contributed by atoms with E-state index in [0.29, 0.717) is 29.4 Å². The Morgan fingerprint density at radius 3 is 2.76 bits per heavy atom. The van der Waals surface area contributed by atoms with E-state index in [1.807, 2.05) is 30.3 Å². The van der Waals surface area contributed by atoms with Crippen molar-refractivity contribution < 1.29 is 9.59 Å². The number of rotatable bonds is 5. The molecule has 0 bridgehead atoms. The highest BCUT2D eigenvalue weighted by molar-refractivity contribution is 5.91. The van der Waals surface area contributed by atoms with Crippen LogP contribution in [0.5, 0.6) is 0 Å². The fourth-order valence-corrected chi connectivity index (χ4v) is 3.43. The van der Waals surface area contributed by atoms with Crippen LogP contribution in [0.25, 0.3) is 10.9 Å². The summed E-state index contributed by atoms with van der Waals surface area (Å²) in [6, 6.07) is 14.5. The van der Waals surface area contributed by atoms with Gasteiger partial charge in [0.15, 0.2) is 0 Å². The van der Waals surface area contributed by atoms with Crippen molar-refractivity contribution in [3.05, 3.63) is 70.8 Å². The molecule has 8 heteroatoms. The number of amides is 2. The van der Waals surface area contributed by atoms with Crippen molar-refractivity contribution in [2.45, 2.75) is 31.8 Å². The number of carbonyl (C=O) groups is 2. The normalized spacial score (nSPS) is 16.4. The summed E-state index contributed by atoms with van der Waals surface area (Å²) in [5, 5.41) is 3.45. The van der Waals surface area contributed by atoms with Gasteiger partial charge in [0, 0.05) is 25.1 Å². The monoisotopic (exact) mass is 391 g/mol. The number of hydrazine groups is 1. The van der Waals surface area contributed by atoms with E-state index < -0.39 is 0 Å². The first-order valence-electron chi connectivity index (χ1n) is 9.49. The molecule has 1 aliphatic rings. The van der Waals surface area contributed by atoms with E-state index in [-0.39, 0.29) is 36.4 Å². The number of carbonyl (C=O) groups excluding carboxylic acids is 2. The van der Waals surface area contributed by atoms with Crippen LogP contribution in [0.3, 0.4) is 0 Å². The summed E-state index contributed by atoms with van der Waals surface area (Å²) in [6.45, 7) is 0.238. The maximum Gasteiger partial charge on any atom is 0.261 e. The van der Waals surface area contributed by atoms with Crippen LogP contribution in [0.2, 0.25) is 0 Å². The van der Waals surface area contributed by atoms with E-state index >= 15 is 0 Å². The molecule has 2 heterocycles. The minimum Gasteiger partial charge on any atom is -0.326 e. The number of hydrogen-bond acceptors (Lipinski definition) is 5. The first kappa shape index (κ1) is 18.8. The maximum atomic E-state index is 12.5. The van der Waals surface area contributed by atoms with Gasteiger partial charge in [-0.05, 0) is 30.2 Å². The summed E-state index contributed by atoms with van der Waals surface area (Å²) in [7, 11) is 0. The van der Waals surface area contributed by atoms with Gasteiger partial charge in [-0.2, -0.15) is 0 Å². The van der Waals surface area contributed by atoms with Gasteiger partial charge in [0.05, 0.1) is 23.3 Å². The average molecular weight is 391 g/mol. The number of para-hydroxylation sites is 2. The van der Waals surface area contributed by atoms with Gasteiger partial charge in [-0.15, -0.1) is 0 Å². The van der Waals surface area contributed by atoms with Crippen molar-refractivity contribution >= 4 is 28.4 Å². The van der Waals surface area contributed by atoms with Crippen LogP contribution in [0.15, 0.2) is 59.7 Å².